The van der Waals surface area contributed by atoms with E-state index in [1.807, 2.05) is 55.5 Å². The van der Waals surface area contributed by atoms with Crippen LogP contribution >= 0.6 is 0 Å². The Hall–Kier alpha value is -4.14. The summed E-state index contributed by atoms with van der Waals surface area (Å²) in [6.07, 6.45) is 10.4. The molecule has 0 unspecified atom stereocenters. The SMILES string of the molecule is CC=CCC1CCC(C(=O)n2ncn(Cc3ccc(-c4ccccc4-c4nn[nH]n4)cc3)c2=O)CC1. The van der Waals surface area contributed by atoms with Crippen molar-refractivity contribution in [1.29, 1.82) is 0 Å². The van der Waals surface area contributed by atoms with Crippen LogP contribution < -0.4 is 5.69 Å². The average Bonchev–Trinajstić information content (AvgIpc) is 3.58. The molecule has 5 rings (SSSR count). The van der Waals surface area contributed by atoms with E-state index in [1.54, 1.807) is 0 Å². The fourth-order valence-electron chi connectivity index (χ4n) is 4.93. The lowest BCUT2D eigenvalue weighted by molar-refractivity contribution is 0.0761. The maximum atomic E-state index is 13.0. The van der Waals surface area contributed by atoms with Gasteiger partial charge in [0, 0.05) is 11.5 Å². The third-order valence-electron chi connectivity index (χ3n) is 6.97. The Morgan fingerprint density at radius 3 is 2.50 bits per heavy atom. The van der Waals surface area contributed by atoms with Gasteiger partial charge in [0.2, 0.25) is 5.82 Å². The molecule has 1 saturated carbocycles. The van der Waals surface area contributed by atoms with E-state index < -0.39 is 0 Å². The maximum Gasteiger partial charge on any atom is 0.353 e. The third kappa shape index (κ3) is 4.95. The van der Waals surface area contributed by atoms with Gasteiger partial charge in [-0.25, -0.2) is 4.79 Å². The number of carbonyl (C=O) groups excluding carboxylic acids is 1. The van der Waals surface area contributed by atoms with Crippen molar-refractivity contribution in [3.05, 3.63) is 83.1 Å². The first-order valence-corrected chi connectivity index (χ1v) is 12.4. The quantitative estimate of drug-likeness (QED) is 0.391. The minimum Gasteiger partial charge on any atom is -0.277 e. The van der Waals surface area contributed by atoms with Crippen LogP contribution in [-0.2, 0) is 6.54 Å². The zero-order valence-electron chi connectivity index (χ0n) is 20.2. The molecule has 184 valence electrons. The summed E-state index contributed by atoms with van der Waals surface area (Å²) in [4.78, 5) is 25.9. The standard InChI is InChI=1S/C27H29N7O2/c1-2-3-6-19-9-15-22(16-10-19)26(35)34-27(36)33(18-28-34)17-20-11-13-21(14-12-20)23-7-4-5-8-24(23)25-29-31-32-30-25/h2-5,7-8,11-14,18-19,22H,6,9-10,15-17H2,1H3,(H,29,30,31,32). The van der Waals surface area contributed by atoms with Gasteiger partial charge in [-0.3, -0.25) is 9.36 Å². The van der Waals surface area contributed by atoms with Gasteiger partial charge < -0.3 is 0 Å². The van der Waals surface area contributed by atoms with Gasteiger partial charge in [0.25, 0.3) is 5.91 Å². The molecule has 0 spiro atoms. The maximum absolute atomic E-state index is 13.0. The monoisotopic (exact) mass is 483 g/mol. The van der Waals surface area contributed by atoms with Gasteiger partial charge in [-0.1, -0.05) is 60.7 Å². The Balaban J connectivity index is 1.27. The molecule has 0 saturated heterocycles. The number of nitrogens with zero attached hydrogens (tertiary/aromatic N) is 6. The molecule has 0 atom stereocenters. The van der Waals surface area contributed by atoms with Gasteiger partial charge in [-0.15, -0.1) is 14.9 Å². The Kier molecular flexibility index (Phi) is 6.97. The van der Waals surface area contributed by atoms with Crippen molar-refractivity contribution in [2.24, 2.45) is 11.8 Å². The Bertz CT molecular complexity index is 1390. The molecule has 0 radical (unpaired) electrons. The number of carbonyl (C=O) groups is 1. The molecule has 1 N–H and O–H groups in total. The Labute approximate surface area is 208 Å². The summed E-state index contributed by atoms with van der Waals surface area (Å²) in [5, 5.41) is 18.5. The molecular formula is C27H29N7O2. The van der Waals surface area contributed by atoms with E-state index in [-0.39, 0.29) is 17.5 Å². The number of aromatic amines is 1. The normalized spacial score (nSPS) is 18.0. The number of rotatable bonds is 7. The van der Waals surface area contributed by atoms with Gasteiger partial charge in [0.05, 0.1) is 6.54 Å². The minimum atomic E-state index is -0.387. The van der Waals surface area contributed by atoms with E-state index in [9.17, 15) is 9.59 Å². The highest BCUT2D eigenvalue weighted by atomic mass is 16.2. The van der Waals surface area contributed by atoms with Crippen molar-refractivity contribution in [1.82, 2.24) is 35.0 Å². The van der Waals surface area contributed by atoms with Crippen LogP contribution in [0.1, 0.15) is 49.4 Å². The highest BCUT2D eigenvalue weighted by Gasteiger charge is 2.28. The number of hydrogen-bond acceptors (Lipinski definition) is 6. The highest BCUT2D eigenvalue weighted by Crippen LogP contribution is 2.32. The first-order chi connectivity index (χ1) is 17.6. The molecule has 2 heterocycles. The second-order valence-corrected chi connectivity index (χ2v) is 9.29. The molecule has 1 aliphatic carbocycles. The first-order valence-electron chi connectivity index (χ1n) is 12.4. The van der Waals surface area contributed by atoms with Crippen LogP contribution in [-0.4, -0.2) is 40.9 Å². The second-order valence-electron chi connectivity index (χ2n) is 9.29. The van der Waals surface area contributed by atoms with Gasteiger partial charge in [0.1, 0.15) is 6.33 Å². The zero-order valence-corrected chi connectivity index (χ0v) is 20.2. The molecule has 2 aromatic carbocycles. The zero-order chi connectivity index (χ0) is 24.9. The fraction of sp³-hybridized carbons (Fsp3) is 0.333. The second kappa shape index (κ2) is 10.6. The average molecular weight is 484 g/mol. The summed E-state index contributed by atoms with van der Waals surface area (Å²) in [6, 6.07) is 15.8. The molecule has 0 aliphatic heterocycles. The molecule has 1 aliphatic rings. The smallest absolute Gasteiger partial charge is 0.277 e. The Morgan fingerprint density at radius 1 is 1.06 bits per heavy atom. The Morgan fingerprint density at radius 2 is 1.81 bits per heavy atom. The van der Waals surface area contributed by atoms with Crippen LogP contribution in [0.5, 0.6) is 0 Å². The number of aromatic nitrogens is 7. The van der Waals surface area contributed by atoms with E-state index in [0.717, 1.165) is 59.0 Å². The number of benzene rings is 2. The minimum absolute atomic E-state index is 0.133. The lowest BCUT2D eigenvalue weighted by Crippen LogP contribution is -2.35. The van der Waals surface area contributed by atoms with Crippen LogP contribution in [0.25, 0.3) is 22.5 Å². The summed E-state index contributed by atoms with van der Waals surface area (Å²) in [7, 11) is 0. The number of nitrogens with one attached hydrogen (secondary N) is 1. The molecule has 36 heavy (non-hydrogen) atoms. The van der Waals surface area contributed by atoms with E-state index in [4.69, 9.17) is 0 Å². The topological polar surface area (TPSA) is 111 Å². The first kappa shape index (κ1) is 23.6. The van der Waals surface area contributed by atoms with Crippen LogP contribution in [0.4, 0.5) is 0 Å². The van der Waals surface area contributed by atoms with Crippen molar-refractivity contribution in [3.63, 3.8) is 0 Å². The van der Waals surface area contributed by atoms with Crippen LogP contribution in [0.15, 0.2) is 71.8 Å². The summed E-state index contributed by atoms with van der Waals surface area (Å²) >= 11 is 0. The number of tetrazole rings is 1. The predicted octanol–water partition coefficient (Wildman–Crippen LogP) is 4.35. The summed E-state index contributed by atoms with van der Waals surface area (Å²) in [6.45, 7) is 2.37. The van der Waals surface area contributed by atoms with Gasteiger partial charge in [0.15, 0.2) is 0 Å². The van der Waals surface area contributed by atoms with Crippen LogP contribution in [0.3, 0.4) is 0 Å². The third-order valence-corrected chi connectivity index (χ3v) is 6.97. The summed E-state index contributed by atoms with van der Waals surface area (Å²) < 4.78 is 2.53. The molecule has 0 bridgehead atoms. The number of hydrogen-bond donors (Lipinski definition) is 1. The van der Waals surface area contributed by atoms with Crippen molar-refractivity contribution in [2.75, 3.05) is 0 Å². The van der Waals surface area contributed by atoms with Gasteiger partial charge >= 0.3 is 5.69 Å². The number of H-pyrrole nitrogens is 1. The van der Waals surface area contributed by atoms with Crippen molar-refractivity contribution in [3.8, 4) is 22.5 Å². The largest absolute Gasteiger partial charge is 0.353 e. The predicted molar refractivity (Wildman–Crippen MR) is 136 cm³/mol. The van der Waals surface area contributed by atoms with Crippen molar-refractivity contribution >= 4 is 5.91 Å². The van der Waals surface area contributed by atoms with E-state index in [1.165, 1.54) is 10.9 Å². The molecular weight excluding hydrogens is 454 g/mol. The molecule has 1 fully saturated rings. The van der Waals surface area contributed by atoms with Crippen LogP contribution in [0.2, 0.25) is 0 Å². The number of allylic oxidation sites excluding steroid dienone is 2. The van der Waals surface area contributed by atoms with E-state index >= 15 is 0 Å². The molecule has 4 aromatic rings. The van der Waals surface area contributed by atoms with Crippen molar-refractivity contribution in [2.45, 2.75) is 45.6 Å². The summed E-state index contributed by atoms with van der Waals surface area (Å²) in [5.41, 5.74) is 3.42. The van der Waals surface area contributed by atoms with Gasteiger partial charge in [-0.05, 0) is 66.8 Å². The molecule has 9 heteroatoms. The molecule has 0 amide bonds. The van der Waals surface area contributed by atoms with Crippen molar-refractivity contribution < 1.29 is 4.79 Å². The molecule has 9 nitrogen and oxygen atoms in total. The summed E-state index contributed by atoms with van der Waals surface area (Å²) in [5.74, 6) is 0.842. The van der Waals surface area contributed by atoms with E-state index in [0.29, 0.717) is 18.3 Å². The highest BCUT2D eigenvalue weighted by molar-refractivity contribution is 5.81. The van der Waals surface area contributed by atoms with Gasteiger partial charge in [-0.2, -0.15) is 10.3 Å². The van der Waals surface area contributed by atoms with E-state index in [2.05, 4.69) is 37.9 Å². The molecule has 2 aromatic heterocycles. The van der Waals surface area contributed by atoms with Crippen LogP contribution in [0, 0.1) is 11.8 Å². The lowest BCUT2D eigenvalue weighted by atomic mass is 9.80. The lowest BCUT2D eigenvalue weighted by Gasteiger charge is -2.26. The fourth-order valence-corrected chi connectivity index (χ4v) is 4.93.